The van der Waals surface area contributed by atoms with Crippen LogP contribution in [0.15, 0.2) is 12.4 Å². The van der Waals surface area contributed by atoms with E-state index in [1.807, 2.05) is 0 Å². The van der Waals surface area contributed by atoms with Gasteiger partial charge in [0.15, 0.2) is 5.78 Å². The molecule has 1 aromatic rings. The van der Waals surface area contributed by atoms with Crippen molar-refractivity contribution in [2.24, 2.45) is 5.73 Å². The number of rotatable bonds is 2. The van der Waals surface area contributed by atoms with Gasteiger partial charge in [-0.1, -0.05) is 23.2 Å². The topological polar surface area (TPSA) is 56.0 Å². The minimum absolute atomic E-state index is 0.185. The normalized spacial score (nSPS) is 12.6. The molecule has 0 spiro atoms. The fourth-order valence-electron chi connectivity index (χ4n) is 0.922. The second-order valence-corrected chi connectivity index (χ2v) is 3.42. The quantitative estimate of drug-likeness (QED) is 0.827. The maximum atomic E-state index is 11.0. The molecule has 0 aliphatic rings. The summed E-state index contributed by atoms with van der Waals surface area (Å²) in [5.41, 5.74) is 6.03. The Hall–Kier alpha value is -0.640. The van der Waals surface area contributed by atoms with Crippen LogP contribution in [0.1, 0.15) is 18.5 Å². The zero-order valence-electron chi connectivity index (χ0n) is 6.92. The summed E-state index contributed by atoms with van der Waals surface area (Å²) in [5, 5.41) is 0.630. The number of pyridine rings is 1. The Morgan fingerprint density at radius 2 is 1.92 bits per heavy atom. The molecule has 1 heterocycles. The molecule has 1 aromatic heterocycles. The number of hydrogen-bond acceptors (Lipinski definition) is 3. The number of aromatic nitrogens is 1. The van der Waals surface area contributed by atoms with E-state index < -0.39 is 6.04 Å². The number of carbonyl (C=O) groups is 1. The van der Waals surface area contributed by atoms with Crippen molar-refractivity contribution < 1.29 is 4.79 Å². The largest absolute Gasteiger partial charge is 0.318 e. The number of hydrogen-bond donors (Lipinski definition) is 1. The molecule has 0 radical (unpaired) electrons. The lowest BCUT2D eigenvalue weighted by molar-refractivity contribution is -0.118. The molecule has 0 aromatic carbocycles. The van der Waals surface area contributed by atoms with Crippen molar-refractivity contribution in [3.8, 4) is 0 Å². The van der Waals surface area contributed by atoms with Crippen molar-refractivity contribution in [1.82, 2.24) is 4.98 Å². The van der Waals surface area contributed by atoms with Crippen LogP contribution in [-0.4, -0.2) is 10.8 Å². The number of Topliss-reactive ketones (excluding diaryl/α,β-unsaturated/α-hetero) is 1. The Kier molecular flexibility index (Phi) is 3.25. The molecule has 0 aliphatic heterocycles. The fraction of sp³-hybridized carbons (Fsp3) is 0.250. The van der Waals surface area contributed by atoms with Crippen LogP contribution < -0.4 is 5.73 Å². The van der Waals surface area contributed by atoms with Gasteiger partial charge in [0.05, 0.1) is 16.1 Å². The van der Waals surface area contributed by atoms with Gasteiger partial charge in [-0.3, -0.25) is 9.78 Å². The standard InChI is InChI=1S/C8H8Cl2N2O/c1-4(13)8(11)7-5(9)2-12-3-6(7)10/h2-3,8H,11H2,1H3. The molecule has 0 amide bonds. The van der Waals surface area contributed by atoms with Crippen molar-refractivity contribution in [3.05, 3.63) is 28.0 Å². The van der Waals surface area contributed by atoms with Gasteiger partial charge in [0.25, 0.3) is 0 Å². The van der Waals surface area contributed by atoms with Gasteiger partial charge in [0.1, 0.15) is 0 Å². The Balaban J connectivity index is 3.20. The van der Waals surface area contributed by atoms with Crippen LogP contribution in [0.3, 0.4) is 0 Å². The number of halogens is 2. The number of nitrogens with two attached hydrogens (primary N) is 1. The molecule has 0 saturated carbocycles. The Bertz CT molecular complexity index is 321. The van der Waals surface area contributed by atoms with E-state index in [2.05, 4.69) is 4.98 Å². The van der Waals surface area contributed by atoms with Gasteiger partial charge >= 0.3 is 0 Å². The minimum Gasteiger partial charge on any atom is -0.318 e. The lowest BCUT2D eigenvalue weighted by Gasteiger charge is -2.11. The molecule has 3 nitrogen and oxygen atoms in total. The molecule has 0 aliphatic carbocycles. The fourth-order valence-corrected chi connectivity index (χ4v) is 1.52. The van der Waals surface area contributed by atoms with E-state index >= 15 is 0 Å². The van der Waals surface area contributed by atoms with Gasteiger partial charge in [0, 0.05) is 18.0 Å². The number of nitrogens with zero attached hydrogens (tertiary/aromatic N) is 1. The van der Waals surface area contributed by atoms with Crippen LogP contribution in [0.4, 0.5) is 0 Å². The number of ketones is 1. The van der Waals surface area contributed by atoms with E-state index in [0.717, 1.165) is 0 Å². The van der Waals surface area contributed by atoms with Crippen molar-refractivity contribution >= 4 is 29.0 Å². The third kappa shape index (κ3) is 2.18. The molecule has 1 rings (SSSR count). The molecule has 0 saturated heterocycles. The van der Waals surface area contributed by atoms with E-state index in [0.29, 0.717) is 15.6 Å². The molecular weight excluding hydrogens is 211 g/mol. The highest BCUT2D eigenvalue weighted by molar-refractivity contribution is 6.36. The summed E-state index contributed by atoms with van der Waals surface area (Å²) in [5.74, 6) is -0.185. The van der Waals surface area contributed by atoms with Crippen LogP contribution in [0, 0.1) is 0 Å². The average Bonchev–Trinajstić information content (AvgIpc) is 2.03. The molecule has 1 unspecified atom stereocenters. The maximum absolute atomic E-state index is 11.0. The van der Waals surface area contributed by atoms with Gasteiger partial charge < -0.3 is 5.73 Å². The molecule has 13 heavy (non-hydrogen) atoms. The molecular formula is C8H8Cl2N2O. The van der Waals surface area contributed by atoms with Gasteiger partial charge in [0.2, 0.25) is 0 Å². The molecule has 5 heteroatoms. The lowest BCUT2D eigenvalue weighted by Crippen LogP contribution is -2.19. The molecule has 2 N–H and O–H groups in total. The smallest absolute Gasteiger partial charge is 0.151 e. The zero-order chi connectivity index (χ0) is 10.0. The summed E-state index contributed by atoms with van der Waals surface area (Å²) in [6.07, 6.45) is 2.82. The van der Waals surface area contributed by atoms with Crippen LogP contribution in [0.25, 0.3) is 0 Å². The van der Waals surface area contributed by atoms with Gasteiger partial charge in [-0.2, -0.15) is 0 Å². The predicted octanol–water partition coefficient (Wildman–Crippen LogP) is 1.98. The summed E-state index contributed by atoms with van der Waals surface area (Å²) >= 11 is 11.6. The van der Waals surface area contributed by atoms with Crippen molar-refractivity contribution in [2.45, 2.75) is 13.0 Å². The SMILES string of the molecule is CC(=O)C(N)c1c(Cl)cncc1Cl. The first-order valence-corrected chi connectivity index (χ1v) is 4.34. The van der Waals surface area contributed by atoms with Crippen LogP contribution in [0.5, 0.6) is 0 Å². The molecule has 70 valence electrons. The summed E-state index contributed by atoms with van der Waals surface area (Å²) in [4.78, 5) is 14.7. The molecule has 0 fully saturated rings. The maximum Gasteiger partial charge on any atom is 0.151 e. The van der Waals surface area contributed by atoms with Crippen LogP contribution >= 0.6 is 23.2 Å². The third-order valence-electron chi connectivity index (χ3n) is 1.64. The van der Waals surface area contributed by atoms with E-state index in [1.54, 1.807) is 0 Å². The monoisotopic (exact) mass is 218 g/mol. The van der Waals surface area contributed by atoms with Gasteiger partial charge in [-0.15, -0.1) is 0 Å². The van der Waals surface area contributed by atoms with Crippen molar-refractivity contribution in [1.29, 1.82) is 0 Å². The van der Waals surface area contributed by atoms with E-state index in [4.69, 9.17) is 28.9 Å². The third-order valence-corrected chi connectivity index (χ3v) is 2.24. The molecule has 1 atom stereocenters. The van der Waals surface area contributed by atoms with E-state index in [-0.39, 0.29) is 5.78 Å². The Labute approximate surface area is 85.9 Å². The summed E-state index contributed by atoms with van der Waals surface area (Å²) < 4.78 is 0. The second kappa shape index (κ2) is 4.05. The Morgan fingerprint density at radius 1 is 1.46 bits per heavy atom. The van der Waals surface area contributed by atoms with Crippen LogP contribution in [0.2, 0.25) is 10.0 Å². The highest BCUT2D eigenvalue weighted by atomic mass is 35.5. The first-order valence-electron chi connectivity index (χ1n) is 3.59. The first kappa shape index (κ1) is 10.4. The number of carbonyl (C=O) groups excluding carboxylic acids is 1. The van der Waals surface area contributed by atoms with Crippen molar-refractivity contribution in [2.75, 3.05) is 0 Å². The summed E-state index contributed by atoms with van der Waals surface area (Å²) in [7, 11) is 0. The lowest BCUT2D eigenvalue weighted by atomic mass is 10.1. The Morgan fingerprint density at radius 3 is 2.31 bits per heavy atom. The zero-order valence-corrected chi connectivity index (χ0v) is 8.43. The average molecular weight is 219 g/mol. The second-order valence-electron chi connectivity index (χ2n) is 2.61. The van der Waals surface area contributed by atoms with E-state index in [1.165, 1.54) is 19.3 Å². The summed E-state index contributed by atoms with van der Waals surface area (Å²) in [6.45, 7) is 1.39. The van der Waals surface area contributed by atoms with Gasteiger partial charge in [-0.05, 0) is 6.92 Å². The van der Waals surface area contributed by atoms with Crippen molar-refractivity contribution in [3.63, 3.8) is 0 Å². The van der Waals surface area contributed by atoms with E-state index in [9.17, 15) is 4.79 Å². The molecule has 0 bridgehead atoms. The minimum atomic E-state index is -0.775. The van der Waals surface area contributed by atoms with Gasteiger partial charge in [-0.25, -0.2) is 0 Å². The highest BCUT2D eigenvalue weighted by Crippen LogP contribution is 2.28. The van der Waals surface area contributed by atoms with Crippen LogP contribution in [-0.2, 0) is 4.79 Å². The predicted molar refractivity (Wildman–Crippen MR) is 51.9 cm³/mol. The summed E-state index contributed by atoms with van der Waals surface area (Å²) in [6, 6.07) is -0.775. The highest BCUT2D eigenvalue weighted by Gasteiger charge is 2.17. The first-order chi connectivity index (χ1) is 6.04.